The fourth-order valence-electron chi connectivity index (χ4n) is 3.07. The maximum atomic E-state index is 13.0. The van der Waals surface area contributed by atoms with Crippen LogP contribution in [0.15, 0.2) is 42.6 Å². The summed E-state index contributed by atoms with van der Waals surface area (Å²) >= 11 is 6.18. The summed E-state index contributed by atoms with van der Waals surface area (Å²) in [6.45, 7) is 3.98. The Morgan fingerprint density at radius 1 is 1.32 bits per heavy atom. The third-order valence-electron chi connectivity index (χ3n) is 4.23. The first-order valence-electron chi connectivity index (χ1n) is 8.79. The van der Waals surface area contributed by atoms with Crippen molar-refractivity contribution in [2.75, 3.05) is 6.61 Å². The highest BCUT2D eigenvalue weighted by molar-refractivity contribution is 6.30. The van der Waals surface area contributed by atoms with E-state index in [1.54, 1.807) is 47.9 Å². The lowest BCUT2D eigenvalue weighted by Crippen LogP contribution is -2.31. The Labute approximate surface area is 166 Å². The van der Waals surface area contributed by atoms with Gasteiger partial charge in [0.25, 0.3) is 5.91 Å². The molecule has 0 bridgehead atoms. The zero-order valence-electron chi connectivity index (χ0n) is 15.5. The molecule has 2 heterocycles. The molecule has 7 nitrogen and oxygen atoms in total. The lowest BCUT2D eigenvalue weighted by atomic mass is 10.0. The van der Waals surface area contributed by atoms with Crippen LogP contribution in [0.3, 0.4) is 0 Å². The smallest absolute Gasteiger partial charge is 0.305 e. The number of aryl methyl sites for hydroxylation is 1. The van der Waals surface area contributed by atoms with Crippen LogP contribution in [-0.2, 0) is 4.79 Å². The van der Waals surface area contributed by atoms with Crippen LogP contribution >= 0.6 is 11.6 Å². The van der Waals surface area contributed by atoms with Crippen molar-refractivity contribution in [2.24, 2.45) is 0 Å². The van der Waals surface area contributed by atoms with Gasteiger partial charge in [-0.05, 0) is 19.4 Å². The molecule has 0 saturated heterocycles. The Bertz CT molecular complexity index is 1020. The summed E-state index contributed by atoms with van der Waals surface area (Å²) in [4.78, 5) is 28.8. The molecule has 1 amide bonds. The van der Waals surface area contributed by atoms with Crippen LogP contribution in [0.1, 0.15) is 41.1 Å². The first-order valence-corrected chi connectivity index (χ1v) is 9.17. The van der Waals surface area contributed by atoms with E-state index in [0.717, 1.165) is 0 Å². The predicted molar refractivity (Wildman–Crippen MR) is 105 cm³/mol. The number of carbonyl (C=O) groups is 2. The highest BCUT2D eigenvalue weighted by Gasteiger charge is 2.24. The van der Waals surface area contributed by atoms with E-state index in [4.69, 9.17) is 16.3 Å². The van der Waals surface area contributed by atoms with E-state index in [0.29, 0.717) is 34.3 Å². The minimum atomic E-state index is -1.01. The number of nitrogens with one attached hydrogen (secondary N) is 1. The van der Waals surface area contributed by atoms with Crippen LogP contribution in [0.5, 0.6) is 5.75 Å². The fourth-order valence-corrected chi connectivity index (χ4v) is 3.27. The third-order valence-corrected chi connectivity index (χ3v) is 4.43. The number of fused-ring (bicyclic) bond motifs is 1. The van der Waals surface area contributed by atoms with Crippen molar-refractivity contribution in [3.05, 3.63) is 64.6 Å². The highest BCUT2D eigenvalue weighted by atomic mass is 35.5. The molecule has 1 aromatic carbocycles. The Balaban J connectivity index is 2.00. The molecular weight excluding hydrogens is 382 g/mol. The van der Waals surface area contributed by atoms with Gasteiger partial charge >= 0.3 is 5.97 Å². The number of aliphatic carboxylic acids is 1. The van der Waals surface area contributed by atoms with Crippen molar-refractivity contribution in [3.63, 3.8) is 0 Å². The summed E-state index contributed by atoms with van der Waals surface area (Å²) < 4.78 is 7.14. The molecule has 0 aliphatic carbocycles. The number of halogens is 1. The van der Waals surface area contributed by atoms with E-state index in [1.807, 2.05) is 13.0 Å². The molecule has 0 aliphatic rings. The number of aromatic nitrogens is 2. The number of pyridine rings is 1. The van der Waals surface area contributed by atoms with Crippen LogP contribution in [-0.4, -0.2) is 33.0 Å². The van der Waals surface area contributed by atoms with Crippen molar-refractivity contribution < 1.29 is 19.4 Å². The van der Waals surface area contributed by atoms with Crippen LogP contribution in [0, 0.1) is 6.92 Å². The Morgan fingerprint density at radius 2 is 2.04 bits per heavy atom. The van der Waals surface area contributed by atoms with E-state index in [1.165, 1.54) is 0 Å². The largest absolute Gasteiger partial charge is 0.490 e. The van der Waals surface area contributed by atoms with Gasteiger partial charge in [-0.25, -0.2) is 4.98 Å². The lowest BCUT2D eigenvalue weighted by molar-refractivity contribution is -0.137. The maximum Gasteiger partial charge on any atom is 0.305 e. The number of ether oxygens (including phenoxy) is 1. The quantitative estimate of drug-likeness (QED) is 0.630. The monoisotopic (exact) mass is 401 g/mol. The predicted octanol–water partition coefficient (Wildman–Crippen LogP) is 3.64. The number of hydrogen-bond acceptors (Lipinski definition) is 4. The van der Waals surface area contributed by atoms with Crippen molar-refractivity contribution in [1.82, 2.24) is 14.7 Å². The lowest BCUT2D eigenvalue weighted by Gasteiger charge is -2.17. The first-order chi connectivity index (χ1) is 13.4. The number of amides is 1. The molecule has 0 radical (unpaired) electrons. The van der Waals surface area contributed by atoms with Gasteiger partial charge in [-0.2, -0.15) is 0 Å². The summed E-state index contributed by atoms with van der Waals surface area (Å²) in [6.07, 6.45) is 1.35. The van der Waals surface area contributed by atoms with Crippen molar-refractivity contribution in [2.45, 2.75) is 26.3 Å². The molecule has 0 fully saturated rings. The molecular formula is C20H20ClN3O4. The second-order valence-corrected chi connectivity index (χ2v) is 6.67. The second-order valence-electron chi connectivity index (χ2n) is 6.23. The van der Waals surface area contributed by atoms with Gasteiger partial charge < -0.3 is 15.2 Å². The van der Waals surface area contributed by atoms with Crippen molar-refractivity contribution in [1.29, 1.82) is 0 Å². The van der Waals surface area contributed by atoms with Gasteiger partial charge in [0.1, 0.15) is 5.69 Å². The summed E-state index contributed by atoms with van der Waals surface area (Å²) in [5.74, 6) is -0.974. The fraction of sp³-hybridized carbons (Fsp3) is 0.250. The summed E-state index contributed by atoms with van der Waals surface area (Å²) in [6, 6.07) is 9.94. The topological polar surface area (TPSA) is 92.9 Å². The van der Waals surface area contributed by atoms with Crippen LogP contribution in [0.2, 0.25) is 5.02 Å². The molecule has 1 atom stereocenters. The molecule has 2 N–H and O–H groups in total. The average Bonchev–Trinajstić information content (AvgIpc) is 2.97. The van der Waals surface area contributed by atoms with Crippen LogP contribution in [0.4, 0.5) is 0 Å². The number of carboxylic acids is 1. The Hall–Kier alpha value is -3.06. The molecule has 3 rings (SSSR count). The second kappa shape index (κ2) is 8.31. The molecule has 8 heteroatoms. The van der Waals surface area contributed by atoms with E-state index in [2.05, 4.69) is 10.3 Å². The summed E-state index contributed by atoms with van der Waals surface area (Å²) in [7, 11) is 0. The Morgan fingerprint density at radius 3 is 2.68 bits per heavy atom. The number of rotatable bonds is 7. The number of carbonyl (C=O) groups excluding carboxylic acids is 1. The molecule has 0 aliphatic heterocycles. The molecule has 28 heavy (non-hydrogen) atoms. The van der Waals surface area contributed by atoms with Gasteiger partial charge in [-0.1, -0.05) is 41.9 Å². The molecule has 0 unspecified atom stereocenters. The zero-order chi connectivity index (χ0) is 20.3. The molecule has 146 valence electrons. The minimum Gasteiger partial charge on any atom is -0.490 e. The maximum absolute atomic E-state index is 13.0. The van der Waals surface area contributed by atoms with Gasteiger partial charge in [0.2, 0.25) is 0 Å². The van der Waals surface area contributed by atoms with Gasteiger partial charge in [-0.3, -0.25) is 14.0 Å². The van der Waals surface area contributed by atoms with Gasteiger partial charge in [0, 0.05) is 12.3 Å². The van der Waals surface area contributed by atoms with Gasteiger partial charge in [-0.15, -0.1) is 0 Å². The zero-order valence-corrected chi connectivity index (χ0v) is 16.2. The number of hydrogen-bond donors (Lipinski definition) is 2. The molecule has 2 aromatic heterocycles. The number of imidazole rings is 1. The van der Waals surface area contributed by atoms with Gasteiger partial charge in [0.15, 0.2) is 11.4 Å². The number of nitrogens with zero attached hydrogens (tertiary/aromatic N) is 2. The molecule has 0 saturated carbocycles. The van der Waals surface area contributed by atoms with E-state index in [-0.39, 0.29) is 12.1 Å². The average molecular weight is 402 g/mol. The SMILES string of the molecule is CCOc1cc(Cl)cn2c(C(=O)N[C@@H](CC(=O)O)c3ccccc3)c(C)nc12. The van der Waals surface area contributed by atoms with E-state index in [9.17, 15) is 14.7 Å². The van der Waals surface area contributed by atoms with Crippen LogP contribution < -0.4 is 10.1 Å². The molecule has 0 spiro atoms. The summed E-state index contributed by atoms with van der Waals surface area (Å²) in [5, 5.41) is 12.4. The molecule has 3 aromatic rings. The van der Waals surface area contributed by atoms with Crippen molar-refractivity contribution in [3.8, 4) is 5.75 Å². The van der Waals surface area contributed by atoms with Crippen LogP contribution in [0.25, 0.3) is 5.65 Å². The van der Waals surface area contributed by atoms with Gasteiger partial charge in [0.05, 0.1) is 29.8 Å². The van der Waals surface area contributed by atoms with E-state index < -0.39 is 17.9 Å². The summed E-state index contributed by atoms with van der Waals surface area (Å²) in [5.41, 5.74) is 1.95. The standard InChI is InChI=1S/C20H20ClN3O4/c1-3-28-16-9-14(21)11-24-18(12(2)22-19(16)24)20(27)23-15(10-17(25)26)13-7-5-4-6-8-13/h4-9,11,15H,3,10H2,1-2H3,(H,23,27)(H,25,26)/t15-/m0/s1. The first kappa shape index (κ1) is 19.7. The number of benzene rings is 1. The number of carboxylic acid groups (broad SMARTS) is 1. The normalized spacial score (nSPS) is 12.0. The van der Waals surface area contributed by atoms with E-state index >= 15 is 0 Å². The highest BCUT2D eigenvalue weighted by Crippen LogP contribution is 2.27. The Kier molecular flexibility index (Phi) is 5.84. The van der Waals surface area contributed by atoms with Crippen molar-refractivity contribution >= 4 is 29.1 Å². The minimum absolute atomic E-state index is 0.240. The third kappa shape index (κ3) is 4.09.